The number of imide groups is 1. The lowest BCUT2D eigenvalue weighted by Gasteiger charge is -2.55. The zero-order valence-electron chi connectivity index (χ0n) is 16.6. The van der Waals surface area contributed by atoms with Crippen molar-refractivity contribution in [2.75, 3.05) is 6.61 Å². The molecule has 0 spiro atoms. The molecule has 1 unspecified atom stereocenters. The van der Waals surface area contributed by atoms with Gasteiger partial charge in [0, 0.05) is 5.41 Å². The van der Waals surface area contributed by atoms with E-state index in [-0.39, 0.29) is 17.8 Å². The molecule has 0 saturated heterocycles. The minimum Gasteiger partial charge on any atom is -0.456 e. The molecule has 0 radical (unpaired) electrons. The zero-order valence-corrected chi connectivity index (χ0v) is 16.6. The molecule has 6 rings (SSSR count). The molecule has 152 valence electrons. The molecule has 6 nitrogen and oxygen atoms in total. The molecular formula is C23H25NO5. The summed E-state index contributed by atoms with van der Waals surface area (Å²) >= 11 is 0. The summed E-state index contributed by atoms with van der Waals surface area (Å²) in [5.41, 5.74) is 0.261. The lowest BCUT2D eigenvalue weighted by molar-refractivity contribution is -0.159. The second-order valence-corrected chi connectivity index (χ2v) is 9.43. The predicted molar refractivity (Wildman–Crippen MR) is 103 cm³/mol. The average molecular weight is 395 g/mol. The molecule has 1 heterocycles. The van der Waals surface area contributed by atoms with Gasteiger partial charge in [0.1, 0.15) is 6.04 Å². The van der Waals surface area contributed by atoms with Crippen LogP contribution in [0.4, 0.5) is 0 Å². The van der Waals surface area contributed by atoms with Crippen LogP contribution < -0.4 is 0 Å². The van der Waals surface area contributed by atoms with E-state index in [9.17, 15) is 19.2 Å². The highest BCUT2D eigenvalue weighted by molar-refractivity contribution is 6.22. The number of hydrogen-bond acceptors (Lipinski definition) is 5. The molecule has 5 aliphatic rings. The Bertz CT molecular complexity index is 849. The van der Waals surface area contributed by atoms with Gasteiger partial charge in [-0.15, -0.1) is 0 Å². The monoisotopic (exact) mass is 395 g/mol. The Hall–Kier alpha value is -2.50. The number of rotatable bonds is 5. The Labute approximate surface area is 169 Å². The lowest BCUT2D eigenvalue weighted by Crippen LogP contribution is -2.51. The maximum atomic E-state index is 13.0. The summed E-state index contributed by atoms with van der Waals surface area (Å²) in [7, 11) is 0. The van der Waals surface area contributed by atoms with Gasteiger partial charge in [-0.05, 0) is 75.3 Å². The number of fused-ring (bicyclic) bond motifs is 1. The van der Waals surface area contributed by atoms with Gasteiger partial charge in [-0.1, -0.05) is 12.1 Å². The Morgan fingerprint density at radius 2 is 1.48 bits per heavy atom. The van der Waals surface area contributed by atoms with Crippen LogP contribution in [0.2, 0.25) is 0 Å². The Kier molecular flexibility index (Phi) is 4.16. The fourth-order valence-electron chi connectivity index (χ4n) is 6.53. The van der Waals surface area contributed by atoms with Crippen LogP contribution in [-0.4, -0.2) is 41.1 Å². The molecular weight excluding hydrogens is 370 g/mol. The van der Waals surface area contributed by atoms with Crippen LogP contribution in [0.3, 0.4) is 0 Å². The van der Waals surface area contributed by atoms with Crippen LogP contribution in [0.5, 0.6) is 0 Å². The van der Waals surface area contributed by atoms with Gasteiger partial charge in [-0.25, -0.2) is 4.79 Å². The van der Waals surface area contributed by atoms with Gasteiger partial charge in [0.25, 0.3) is 11.8 Å². The number of hydrogen-bond donors (Lipinski definition) is 0. The molecule has 4 aliphatic carbocycles. The minimum atomic E-state index is -1.06. The standard InChI is InChI=1S/C23H25NO5/c1-13(24-20(26)17-4-2-3-5-18(17)21(24)27)22(28)29-12-19(25)23-9-14-6-15(10-23)8-16(7-14)11-23/h2-5,13-16H,6-12H2,1H3. The van der Waals surface area contributed by atoms with Crippen LogP contribution in [0, 0.1) is 23.2 Å². The molecule has 1 aromatic rings. The first-order valence-electron chi connectivity index (χ1n) is 10.5. The van der Waals surface area contributed by atoms with Gasteiger partial charge in [-0.2, -0.15) is 0 Å². The summed E-state index contributed by atoms with van der Waals surface area (Å²) in [4.78, 5) is 51.6. The maximum absolute atomic E-state index is 13.0. The number of amides is 2. The number of ketones is 1. The first-order valence-corrected chi connectivity index (χ1v) is 10.5. The van der Waals surface area contributed by atoms with E-state index in [1.807, 2.05) is 0 Å². The van der Waals surface area contributed by atoms with Gasteiger partial charge in [-0.3, -0.25) is 19.3 Å². The van der Waals surface area contributed by atoms with Crippen LogP contribution in [0.15, 0.2) is 24.3 Å². The van der Waals surface area contributed by atoms with Crippen molar-refractivity contribution in [1.29, 1.82) is 0 Å². The van der Waals surface area contributed by atoms with E-state index in [1.165, 1.54) is 26.2 Å². The quantitative estimate of drug-likeness (QED) is 0.566. The molecule has 1 atom stereocenters. The van der Waals surface area contributed by atoms with E-state index in [0.29, 0.717) is 28.9 Å². The number of carbonyl (C=O) groups excluding carboxylic acids is 4. The van der Waals surface area contributed by atoms with E-state index in [2.05, 4.69) is 0 Å². The van der Waals surface area contributed by atoms with Crippen molar-refractivity contribution < 1.29 is 23.9 Å². The van der Waals surface area contributed by atoms with E-state index in [1.54, 1.807) is 24.3 Å². The van der Waals surface area contributed by atoms with Crippen molar-refractivity contribution in [1.82, 2.24) is 4.90 Å². The molecule has 4 bridgehead atoms. The first kappa shape index (κ1) is 18.5. The second kappa shape index (κ2) is 6.51. The Morgan fingerprint density at radius 3 is 1.97 bits per heavy atom. The fraction of sp³-hybridized carbons (Fsp3) is 0.565. The highest BCUT2D eigenvalue weighted by atomic mass is 16.5. The van der Waals surface area contributed by atoms with Crippen LogP contribution in [0.1, 0.15) is 66.2 Å². The largest absolute Gasteiger partial charge is 0.456 e. The van der Waals surface area contributed by atoms with Crippen LogP contribution in [-0.2, 0) is 14.3 Å². The molecule has 1 aliphatic heterocycles. The van der Waals surface area contributed by atoms with Gasteiger partial charge in [0.15, 0.2) is 12.4 Å². The molecule has 2 amide bonds. The maximum Gasteiger partial charge on any atom is 0.329 e. The highest BCUT2D eigenvalue weighted by Gasteiger charge is 2.54. The summed E-state index contributed by atoms with van der Waals surface area (Å²) in [6, 6.07) is 5.45. The molecule has 4 saturated carbocycles. The van der Waals surface area contributed by atoms with Crippen molar-refractivity contribution in [3.05, 3.63) is 35.4 Å². The number of carbonyl (C=O) groups is 4. The topological polar surface area (TPSA) is 80.8 Å². The number of benzene rings is 1. The molecule has 4 fully saturated rings. The molecule has 29 heavy (non-hydrogen) atoms. The van der Waals surface area contributed by atoms with E-state index < -0.39 is 23.8 Å². The number of esters is 1. The predicted octanol–water partition coefficient (Wildman–Crippen LogP) is 3.00. The van der Waals surface area contributed by atoms with Crippen molar-refractivity contribution >= 4 is 23.6 Å². The third-order valence-corrected chi connectivity index (χ3v) is 7.53. The number of Topliss-reactive ketones (excluding diaryl/α,β-unsaturated/α-hetero) is 1. The van der Waals surface area contributed by atoms with E-state index >= 15 is 0 Å². The van der Waals surface area contributed by atoms with Crippen LogP contribution >= 0.6 is 0 Å². The fourth-order valence-corrected chi connectivity index (χ4v) is 6.53. The second-order valence-electron chi connectivity index (χ2n) is 9.43. The van der Waals surface area contributed by atoms with Crippen molar-refractivity contribution in [2.45, 2.75) is 51.5 Å². The summed E-state index contributed by atoms with van der Waals surface area (Å²) < 4.78 is 5.33. The molecule has 0 aromatic heterocycles. The summed E-state index contributed by atoms with van der Waals surface area (Å²) in [6.07, 6.45) is 6.48. The van der Waals surface area contributed by atoms with E-state index in [4.69, 9.17) is 4.74 Å². The zero-order chi connectivity index (χ0) is 20.3. The van der Waals surface area contributed by atoms with Crippen molar-refractivity contribution in [3.63, 3.8) is 0 Å². The van der Waals surface area contributed by atoms with Gasteiger partial charge < -0.3 is 4.74 Å². The van der Waals surface area contributed by atoms with Gasteiger partial charge >= 0.3 is 5.97 Å². The average Bonchev–Trinajstić information content (AvgIpc) is 2.95. The third-order valence-electron chi connectivity index (χ3n) is 7.53. The highest BCUT2D eigenvalue weighted by Crippen LogP contribution is 2.60. The molecule has 0 N–H and O–H groups in total. The normalized spacial score (nSPS) is 33.0. The van der Waals surface area contributed by atoms with Crippen LogP contribution in [0.25, 0.3) is 0 Å². The Morgan fingerprint density at radius 1 is 1.00 bits per heavy atom. The van der Waals surface area contributed by atoms with Gasteiger partial charge in [0.2, 0.25) is 0 Å². The Balaban J connectivity index is 1.24. The van der Waals surface area contributed by atoms with E-state index in [0.717, 1.165) is 24.2 Å². The molecule has 6 heteroatoms. The van der Waals surface area contributed by atoms with Gasteiger partial charge in [0.05, 0.1) is 11.1 Å². The van der Waals surface area contributed by atoms with Crippen molar-refractivity contribution in [2.24, 2.45) is 23.2 Å². The summed E-state index contributed by atoms with van der Waals surface area (Å²) in [6.45, 7) is 1.21. The minimum absolute atomic E-state index is 0.0134. The lowest BCUT2D eigenvalue weighted by atomic mass is 9.48. The molecule has 1 aromatic carbocycles. The summed E-state index contributed by atoms with van der Waals surface area (Å²) in [5, 5.41) is 0. The first-order chi connectivity index (χ1) is 13.9. The number of nitrogens with zero attached hydrogens (tertiary/aromatic N) is 1. The smallest absolute Gasteiger partial charge is 0.329 e. The number of ether oxygens (including phenoxy) is 1. The van der Waals surface area contributed by atoms with Crippen molar-refractivity contribution in [3.8, 4) is 0 Å². The summed E-state index contributed by atoms with van der Waals surface area (Å²) in [5.74, 6) is 0.219. The third kappa shape index (κ3) is 2.83. The SMILES string of the molecule is CC(C(=O)OCC(=O)C12CC3CC(CC(C3)C1)C2)N1C(=O)c2ccccc2C1=O.